The van der Waals surface area contributed by atoms with Gasteiger partial charge in [-0.15, -0.1) is 0 Å². The van der Waals surface area contributed by atoms with Gasteiger partial charge in [0.2, 0.25) is 17.7 Å². The molecule has 1 unspecified atom stereocenters. The molecule has 1 aliphatic heterocycles. The number of hydrogen-bond donors (Lipinski definition) is 2. The summed E-state index contributed by atoms with van der Waals surface area (Å²) in [4.78, 5) is 38.2. The zero-order valence-electron chi connectivity index (χ0n) is 17.1. The van der Waals surface area contributed by atoms with Crippen LogP contribution in [-0.4, -0.2) is 24.3 Å². The molecule has 2 aromatic rings. The summed E-state index contributed by atoms with van der Waals surface area (Å²) >= 11 is 0. The van der Waals surface area contributed by atoms with E-state index >= 15 is 0 Å². The van der Waals surface area contributed by atoms with Crippen LogP contribution in [0.2, 0.25) is 0 Å². The Bertz CT molecular complexity index is 899. The molecule has 1 heterocycles. The Hall–Kier alpha value is -3.15. The van der Waals surface area contributed by atoms with Gasteiger partial charge in [0.1, 0.15) is 0 Å². The molecule has 2 aromatic carbocycles. The number of anilines is 3. The number of para-hydroxylation sites is 1. The fraction of sp³-hybridized carbons (Fsp3) is 0.348. The van der Waals surface area contributed by atoms with E-state index in [2.05, 4.69) is 24.5 Å². The number of carbonyl (C=O) groups excluding carboxylic acids is 3. The van der Waals surface area contributed by atoms with Crippen LogP contribution in [0.5, 0.6) is 0 Å². The Morgan fingerprint density at radius 2 is 1.62 bits per heavy atom. The van der Waals surface area contributed by atoms with E-state index in [1.807, 2.05) is 18.2 Å². The molecule has 0 bridgehead atoms. The van der Waals surface area contributed by atoms with Crippen LogP contribution in [0, 0.1) is 5.92 Å². The second kappa shape index (κ2) is 8.90. The fourth-order valence-electron chi connectivity index (χ4n) is 3.69. The zero-order valence-corrected chi connectivity index (χ0v) is 17.1. The van der Waals surface area contributed by atoms with Crippen molar-refractivity contribution >= 4 is 34.8 Å². The van der Waals surface area contributed by atoms with Crippen molar-refractivity contribution in [2.45, 2.75) is 40.0 Å². The molecule has 1 aliphatic rings. The number of amides is 3. The van der Waals surface area contributed by atoms with Gasteiger partial charge in [0, 0.05) is 37.0 Å². The van der Waals surface area contributed by atoms with Crippen LogP contribution in [0.25, 0.3) is 0 Å². The maximum Gasteiger partial charge on any atom is 0.229 e. The summed E-state index contributed by atoms with van der Waals surface area (Å²) in [5.41, 5.74) is 4.49. The van der Waals surface area contributed by atoms with Crippen molar-refractivity contribution in [2.75, 3.05) is 22.1 Å². The summed E-state index contributed by atoms with van der Waals surface area (Å²) in [6.45, 7) is 5.92. The van der Waals surface area contributed by atoms with Gasteiger partial charge < -0.3 is 15.5 Å². The van der Waals surface area contributed by atoms with Crippen LogP contribution in [0.4, 0.5) is 17.1 Å². The number of nitrogens with one attached hydrogen (secondary N) is 2. The average Bonchev–Trinajstić information content (AvgIpc) is 3.10. The number of carbonyl (C=O) groups is 3. The fourth-order valence-corrected chi connectivity index (χ4v) is 3.69. The normalized spacial score (nSPS) is 16.0. The van der Waals surface area contributed by atoms with Crippen molar-refractivity contribution in [3.05, 3.63) is 53.6 Å². The molecular weight excluding hydrogens is 366 g/mol. The second-order valence-corrected chi connectivity index (χ2v) is 7.28. The number of hydrogen-bond acceptors (Lipinski definition) is 3. The zero-order chi connectivity index (χ0) is 21.0. The second-order valence-electron chi connectivity index (χ2n) is 7.28. The van der Waals surface area contributed by atoms with Gasteiger partial charge in [0.25, 0.3) is 0 Å². The highest BCUT2D eigenvalue weighted by Crippen LogP contribution is 2.29. The minimum atomic E-state index is -0.396. The molecule has 1 fully saturated rings. The average molecular weight is 393 g/mol. The van der Waals surface area contributed by atoms with Crippen LogP contribution >= 0.6 is 0 Å². The Balaban J connectivity index is 1.72. The Labute approximate surface area is 171 Å². The van der Waals surface area contributed by atoms with Crippen LogP contribution < -0.4 is 15.5 Å². The van der Waals surface area contributed by atoms with Crippen molar-refractivity contribution in [1.29, 1.82) is 0 Å². The van der Waals surface area contributed by atoms with Crippen molar-refractivity contribution in [3.8, 4) is 0 Å². The smallest absolute Gasteiger partial charge is 0.229 e. The lowest BCUT2D eigenvalue weighted by Gasteiger charge is -2.18. The Kier molecular flexibility index (Phi) is 6.32. The van der Waals surface area contributed by atoms with Crippen LogP contribution in [0.1, 0.15) is 38.3 Å². The van der Waals surface area contributed by atoms with Gasteiger partial charge in [-0.25, -0.2) is 0 Å². The van der Waals surface area contributed by atoms with Gasteiger partial charge >= 0.3 is 0 Å². The van der Waals surface area contributed by atoms with E-state index < -0.39 is 5.92 Å². The highest BCUT2D eigenvalue weighted by molar-refractivity contribution is 6.04. The molecule has 3 rings (SSSR count). The SMILES string of the molecule is CCc1cccc(CC)c1NC(=O)C1CC(=O)N(c2ccc(NC(C)=O)cc2)C1. The van der Waals surface area contributed by atoms with E-state index in [9.17, 15) is 14.4 Å². The van der Waals surface area contributed by atoms with E-state index in [4.69, 9.17) is 0 Å². The lowest BCUT2D eigenvalue weighted by atomic mass is 10.0. The topological polar surface area (TPSA) is 78.5 Å². The van der Waals surface area contributed by atoms with Crippen molar-refractivity contribution < 1.29 is 14.4 Å². The standard InChI is InChI=1S/C23H27N3O3/c1-4-16-7-6-8-17(5-2)22(16)25-23(29)18-13-21(28)26(14-18)20-11-9-19(10-12-20)24-15(3)27/h6-12,18H,4-5,13-14H2,1-3H3,(H,24,27)(H,25,29). The van der Waals surface area contributed by atoms with Crippen molar-refractivity contribution in [2.24, 2.45) is 5.92 Å². The number of nitrogens with zero attached hydrogens (tertiary/aromatic N) is 1. The van der Waals surface area contributed by atoms with E-state index in [0.717, 1.165) is 35.3 Å². The van der Waals surface area contributed by atoms with Gasteiger partial charge in [0.05, 0.1) is 5.92 Å². The first-order valence-electron chi connectivity index (χ1n) is 10.0. The molecule has 3 amide bonds. The van der Waals surface area contributed by atoms with Gasteiger partial charge in [-0.2, -0.15) is 0 Å². The van der Waals surface area contributed by atoms with Gasteiger partial charge in [-0.05, 0) is 48.2 Å². The van der Waals surface area contributed by atoms with E-state index in [1.165, 1.54) is 6.92 Å². The summed E-state index contributed by atoms with van der Waals surface area (Å²) in [6.07, 6.45) is 1.86. The Morgan fingerprint density at radius 3 is 2.17 bits per heavy atom. The maximum atomic E-state index is 12.9. The summed E-state index contributed by atoms with van der Waals surface area (Å²) in [6, 6.07) is 13.1. The molecule has 2 N–H and O–H groups in total. The van der Waals surface area contributed by atoms with Crippen LogP contribution in [0.3, 0.4) is 0 Å². The van der Waals surface area contributed by atoms with E-state index in [0.29, 0.717) is 12.2 Å². The summed E-state index contributed by atoms with van der Waals surface area (Å²) in [7, 11) is 0. The number of benzene rings is 2. The number of aryl methyl sites for hydroxylation is 2. The van der Waals surface area contributed by atoms with E-state index in [-0.39, 0.29) is 24.1 Å². The lowest BCUT2D eigenvalue weighted by Crippen LogP contribution is -2.28. The van der Waals surface area contributed by atoms with Crippen LogP contribution in [0.15, 0.2) is 42.5 Å². The third kappa shape index (κ3) is 4.65. The van der Waals surface area contributed by atoms with Crippen molar-refractivity contribution in [1.82, 2.24) is 0 Å². The molecule has 1 atom stereocenters. The lowest BCUT2D eigenvalue weighted by molar-refractivity contribution is -0.122. The van der Waals surface area contributed by atoms with Gasteiger partial charge in [-0.3, -0.25) is 14.4 Å². The first-order chi connectivity index (χ1) is 13.9. The molecule has 152 valence electrons. The summed E-state index contributed by atoms with van der Waals surface area (Å²) in [5, 5.41) is 5.78. The summed E-state index contributed by atoms with van der Waals surface area (Å²) in [5.74, 6) is -0.735. The molecular formula is C23H27N3O3. The third-order valence-electron chi connectivity index (χ3n) is 5.24. The molecule has 6 nitrogen and oxygen atoms in total. The van der Waals surface area contributed by atoms with E-state index in [1.54, 1.807) is 29.2 Å². The van der Waals surface area contributed by atoms with Gasteiger partial charge in [-0.1, -0.05) is 32.0 Å². The molecule has 1 saturated heterocycles. The molecule has 29 heavy (non-hydrogen) atoms. The monoisotopic (exact) mass is 393 g/mol. The quantitative estimate of drug-likeness (QED) is 0.784. The molecule has 0 radical (unpaired) electrons. The highest BCUT2D eigenvalue weighted by atomic mass is 16.2. The predicted octanol–water partition coefficient (Wildman–Crippen LogP) is 3.76. The molecule has 0 spiro atoms. The first kappa shape index (κ1) is 20.6. The first-order valence-corrected chi connectivity index (χ1v) is 10.0. The highest BCUT2D eigenvalue weighted by Gasteiger charge is 2.35. The maximum absolute atomic E-state index is 12.9. The van der Waals surface area contributed by atoms with Crippen LogP contribution in [-0.2, 0) is 27.2 Å². The Morgan fingerprint density at radius 1 is 1.00 bits per heavy atom. The third-order valence-corrected chi connectivity index (χ3v) is 5.24. The predicted molar refractivity (Wildman–Crippen MR) is 115 cm³/mol. The molecule has 0 aliphatic carbocycles. The molecule has 0 saturated carbocycles. The largest absolute Gasteiger partial charge is 0.326 e. The molecule has 6 heteroatoms. The minimum Gasteiger partial charge on any atom is -0.326 e. The van der Waals surface area contributed by atoms with Crippen molar-refractivity contribution in [3.63, 3.8) is 0 Å². The minimum absolute atomic E-state index is 0.0723. The molecule has 0 aromatic heterocycles. The van der Waals surface area contributed by atoms with Gasteiger partial charge in [0.15, 0.2) is 0 Å². The summed E-state index contributed by atoms with van der Waals surface area (Å²) < 4.78 is 0. The number of rotatable bonds is 6.